The zero-order valence-electron chi connectivity index (χ0n) is 16.4. The number of ether oxygens (including phenoxy) is 1. The molecule has 0 spiro atoms. The quantitative estimate of drug-likeness (QED) is 0.725. The minimum atomic E-state index is -0.446. The summed E-state index contributed by atoms with van der Waals surface area (Å²) >= 11 is 0. The van der Waals surface area contributed by atoms with Crippen LogP contribution in [0.3, 0.4) is 0 Å². The molecular formula is C22H26N4O3. The number of piperidine rings is 1. The van der Waals surface area contributed by atoms with Crippen molar-refractivity contribution in [2.75, 3.05) is 24.6 Å². The molecule has 1 saturated carbocycles. The lowest BCUT2D eigenvalue weighted by Gasteiger charge is -2.33. The predicted octanol–water partition coefficient (Wildman–Crippen LogP) is 2.23. The van der Waals surface area contributed by atoms with Gasteiger partial charge in [0.25, 0.3) is 5.91 Å². The number of carbonyl (C=O) groups is 2. The Morgan fingerprint density at radius 1 is 1.10 bits per heavy atom. The van der Waals surface area contributed by atoms with E-state index in [1.165, 1.54) is 5.56 Å². The van der Waals surface area contributed by atoms with Crippen molar-refractivity contribution in [2.24, 2.45) is 0 Å². The SMILES string of the molecule is O=C(COC(=O)C1CCCCN1c1ncccn1)NCC1(c2ccccc2)CC1. The largest absolute Gasteiger partial charge is 0.454 e. The molecule has 1 unspecified atom stereocenters. The lowest BCUT2D eigenvalue weighted by molar-refractivity contribution is -0.150. The van der Waals surface area contributed by atoms with Gasteiger partial charge in [-0.25, -0.2) is 14.8 Å². The van der Waals surface area contributed by atoms with E-state index in [4.69, 9.17) is 4.74 Å². The first kappa shape index (κ1) is 19.4. The zero-order valence-corrected chi connectivity index (χ0v) is 16.4. The second-order valence-corrected chi connectivity index (χ2v) is 7.78. The van der Waals surface area contributed by atoms with Crippen LogP contribution in [0.25, 0.3) is 0 Å². The molecule has 1 N–H and O–H groups in total. The summed E-state index contributed by atoms with van der Waals surface area (Å²) in [5.41, 5.74) is 1.28. The molecular weight excluding hydrogens is 368 g/mol. The molecule has 0 radical (unpaired) electrons. The molecule has 4 rings (SSSR count). The van der Waals surface area contributed by atoms with Crippen molar-refractivity contribution in [3.05, 3.63) is 54.4 Å². The van der Waals surface area contributed by atoms with Crippen molar-refractivity contribution in [3.63, 3.8) is 0 Å². The summed E-state index contributed by atoms with van der Waals surface area (Å²) < 4.78 is 5.34. The van der Waals surface area contributed by atoms with E-state index in [9.17, 15) is 9.59 Å². The monoisotopic (exact) mass is 394 g/mol. The molecule has 1 saturated heterocycles. The van der Waals surface area contributed by atoms with Crippen molar-refractivity contribution in [1.29, 1.82) is 0 Å². The number of anilines is 1. The van der Waals surface area contributed by atoms with Gasteiger partial charge in [-0.05, 0) is 43.7 Å². The third kappa shape index (κ3) is 4.55. The van der Waals surface area contributed by atoms with Crippen LogP contribution in [0.5, 0.6) is 0 Å². The Morgan fingerprint density at radius 3 is 2.59 bits per heavy atom. The molecule has 1 atom stereocenters. The fourth-order valence-corrected chi connectivity index (χ4v) is 3.92. The maximum absolute atomic E-state index is 12.6. The first-order valence-corrected chi connectivity index (χ1v) is 10.2. The van der Waals surface area contributed by atoms with Crippen molar-refractivity contribution in [1.82, 2.24) is 15.3 Å². The number of nitrogens with one attached hydrogen (secondary N) is 1. The Morgan fingerprint density at radius 2 is 1.86 bits per heavy atom. The van der Waals surface area contributed by atoms with Crippen LogP contribution < -0.4 is 10.2 Å². The Labute approximate surface area is 170 Å². The van der Waals surface area contributed by atoms with Crippen molar-refractivity contribution in [2.45, 2.75) is 43.6 Å². The van der Waals surface area contributed by atoms with Crippen LogP contribution in [0.4, 0.5) is 5.95 Å². The van der Waals surface area contributed by atoms with E-state index in [-0.39, 0.29) is 17.9 Å². The van der Waals surface area contributed by atoms with E-state index in [0.29, 0.717) is 25.5 Å². The normalized spacial score (nSPS) is 20.0. The number of amides is 1. The summed E-state index contributed by atoms with van der Waals surface area (Å²) in [4.78, 5) is 35.3. The van der Waals surface area contributed by atoms with E-state index in [1.807, 2.05) is 23.1 Å². The number of benzene rings is 1. The summed E-state index contributed by atoms with van der Waals surface area (Å²) in [6, 6.07) is 11.5. The summed E-state index contributed by atoms with van der Waals surface area (Å²) in [6.45, 7) is 1.01. The highest BCUT2D eigenvalue weighted by atomic mass is 16.5. The fraction of sp³-hybridized carbons (Fsp3) is 0.455. The van der Waals surface area contributed by atoms with E-state index < -0.39 is 12.0 Å². The summed E-state index contributed by atoms with van der Waals surface area (Å²) in [5, 5.41) is 2.93. The average Bonchev–Trinajstić information content (AvgIpc) is 3.58. The lowest BCUT2D eigenvalue weighted by atomic mass is 9.96. The first-order valence-electron chi connectivity index (χ1n) is 10.2. The van der Waals surface area contributed by atoms with Gasteiger partial charge in [0.05, 0.1) is 0 Å². The number of aromatic nitrogens is 2. The molecule has 1 aromatic carbocycles. The molecule has 2 aromatic rings. The van der Waals surface area contributed by atoms with Crippen molar-refractivity contribution in [3.8, 4) is 0 Å². The van der Waals surface area contributed by atoms with Crippen LogP contribution in [-0.4, -0.2) is 47.6 Å². The molecule has 2 aliphatic rings. The molecule has 29 heavy (non-hydrogen) atoms. The number of rotatable bonds is 7. The number of hydrogen-bond acceptors (Lipinski definition) is 6. The molecule has 1 aliphatic heterocycles. The lowest BCUT2D eigenvalue weighted by Crippen LogP contribution is -2.47. The van der Waals surface area contributed by atoms with Gasteiger partial charge in [0.1, 0.15) is 6.04 Å². The van der Waals surface area contributed by atoms with Crippen LogP contribution in [0.1, 0.15) is 37.7 Å². The molecule has 1 aromatic heterocycles. The Bertz CT molecular complexity index is 840. The standard InChI is InChI=1S/C22H26N4O3/c27-19(25-16-22(10-11-22)17-7-2-1-3-8-17)15-29-20(28)18-9-4-5-14-26(18)21-23-12-6-13-24-21/h1-3,6-8,12-13,18H,4-5,9-11,14-16H2,(H,25,27). The third-order valence-electron chi connectivity index (χ3n) is 5.79. The van der Waals surface area contributed by atoms with Gasteiger partial charge in [-0.3, -0.25) is 4.79 Å². The number of esters is 1. The van der Waals surface area contributed by atoms with Gasteiger partial charge in [0.15, 0.2) is 6.61 Å². The van der Waals surface area contributed by atoms with Gasteiger partial charge < -0.3 is 15.0 Å². The minimum Gasteiger partial charge on any atom is -0.454 e. The predicted molar refractivity (Wildman–Crippen MR) is 108 cm³/mol. The summed E-state index contributed by atoms with van der Waals surface area (Å²) in [6.07, 6.45) is 8.03. The number of nitrogens with zero attached hydrogens (tertiary/aromatic N) is 3. The second-order valence-electron chi connectivity index (χ2n) is 7.78. The van der Waals surface area contributed by atoms with Gasteiger partial charge in [-0.15, -0.1) is 0 Å². The third-order valence-corrected chi connectivity index (χ3v) is 5.79. The molecule has 1 aliphatic carbocycles. The van der Waals surface area contributed by atoms with Crippen molar-refractivity contribution < 1.29 is 14.3 Å². The Hall–Kier alpha value is -2.96. The van der Waals surface area contributed by atoms with Gasteiger partial charge in [0.2, 0.25) is 5.95 Å². The molecule has 0 bridgehead atoms. The van der Waals surface area contributed by atoms with Crippen LogP contribution in [0.2, 0.25) is 0 Å². The molecule has 2 heterocycles. The van der Waals surface area contributed by atoms with Crippen LogP contribution in [0.15, 0.2) is 48.8 Å². The number of hydrogen-bond donors (Lipinski definition) is 1. The summed E-state index contributed by atoms with van der Waals surface area (Å²) in [5.74, 6) is -0.132. The maximum atomic E-state index is 12.6. The molecule has 7 nitrogen and oxygen atoms in total. The smallest absolute Gasteiger partial charge is 0.329 e. The van der Waals surface area contributed by atoms with Gasteiger partial charge in [0, 0.05) is 30.9 Å². The van der Waals surface area contributed by atoms with Crippen molar-refractivity contribution >= 4 is 17.8 Å². The molecule has 152 valence electrons. The topological polar surface area (TPSA) is 84.4 Å². The highest BCUT2D eigenvalue weighted by Gasteiger charge is 2.44. The van der Waals surface area contributed by atoms with Gasteiger partial charge >= 0.3 is 5.97 Å². The Balaban J connectivity index is 1.28. The van der Waals surface area contributed by atoms with Crippen LogP contribution in [0, 0.1) is 0 Å². The highest BCUT2D eigenvalue weighted by Crippen LogP contribution is 2.47. The van der Waals surface area contributed by atoms with Crippen LogP contribution in [-0.2, 0) is 19.7 Å². The van der Waals surface area contributed by atoms with E-state index in [2.05, 4.69) is 27.4 Å². The first-order chi connectivity index (χ1) is 14.2. The zero-order chi connectivity index (χ0) is 20.1. The van der Waals surface area contributed by atoms with E-state index >= 15 is 0 Å². The van der Waals surface area contributed by atoms with E-state index in [1.54, 1.807) is 18.5 Å². The van der Waals surface area contributed by atoms with Gasteiger partial charge in [-0.2, -0.15) is 0 Å². The highest BCUT2D eigenvalue weighted by molar-refractivity contribution is 5.84. The average molecular weight is 394 g/mol. The number of carbonyl (C=O) groups excluding carboxylic acids is 2. The molecule has 7 heteroatoms. The van der Waals surface area contributed by atoms with E-state index in [0.717, 1.165) is 25.7 Å². The summed E-state index contributed by atoms with van der Waals surface area (Å²) in [7, 11) is 0. The fourth-order valence-electron chi connectivity index (χ4n) is 3.92. The molecule has 1 amide bonds. The second kappa shape index (κ2) is 8.59. The van der Waals surface area contributed by atoms with Gasteiger partial charge in [-0.1, -0.05) is 30.3 Å². The maximum Gasteiger partial charge on any atom is 0.329 e. The van der Waals surface area contributed by atoms with Crippen LogP contribution >= 0.6 is 0 Å². The molecule has 2 fully saturated rings. The Kier molecular flexibility index (Phi) is 5.74. The minimum absolute atomic E-state index is 0.0335.